The second-order valence-corrected chi connectivity index (χ2v) is 3.98. The summed E-state index contributed by atoms with van der Waals surface area (Å²) in [6, 6.07) is 4.60. The average Bonchev–Trinajstić information content (AvgIpc) is 2.39. The van der Waals surface area contributed by atoms with Gasteiger partial charge in [-0.05, 0) is 24.3 Å². The number of halogens is 6. The molecule has 0 spiro atoms. The average molecular weight is 323 g/mol. The van der Waals surface area contributed by atoms with Crippen molar-refractivity contribution in [2.75, 3.05) is 5.32 Å². The second-order valence-electron chi connectivity index (χ2n) is 3.98. The number of alkyl halides is 6. The quantitative estimate of drug-likeness (QED) is 0.863. The first-order valence-corrected chi connectivity index (χ1v) is 5.65. The lowest BCUT2D eigenvalue weighted by Gasteiger charge is -2.10. The Morgan fingerprint density at radius 1 is 0.864 bits per heavy atom. The fourth-order valence-corrected chi connectivity index (χ4v) is 1.43. The molecule has 0 atom stereocenters. The van der Waals surface area contributed by atoms with E-state index in [0.717, 1.165) is 18.3 Å². The number of rotatable bonds is 3. The van der Waals surface area contributed by atoms with Crippen molar-refractivity contribution in [1.82, 2.24) is 9.97 Å². The number of benzene rings is 1. The summed E-state index contributed by atoms with van der Waals surface area (Å²) in [7, 11) is 0. The summed E-state index contributed by atoms with van der Waals surface area (Å²) in [4.78, 5) is 6.71. The summed E-state index contributed by atoms with van der Waals surface area (Å²) in [5.74, 6) is -0.408. The van der Waals surface area contributed by atoms with Crippen LogP contribution in [0.15, 0.2) is 36.7 Å². The minimum absolute atomic E-state index is 0.0116. The minimum Gasteiger partial charge on any atom is -0.406 e. The van der Waals surface area contributed by atoms with Crippen molar-refractivity contribution >= 4 is 11.5 Å². The molecule has 0 saturated carbocycles. The molecule has 0 aliphatic carbocycles. The maximum Gasteiger partial charge on any atom is 0.573 e. The van der Waals surface area contributed by atoms with Gasteiger partial charge in [0.2, 0.25) is 0 Å². The molecule has 0 aliphatic rings. The zero-order valence-corrected chi connectivity index (χ0v) is 10.5. The molecular formula is C12H7F6N3O. The number of aromatic nitrogens is 2. The third-order valence-electron chi connectivity index (χ3n) is 2.30. The topological polar surface area (TPSA) is 47.0 Å². The molecule has 0 amide bonds. The highest BCUT2D eigenvalue weighted by Crippen LogP contribution is 2.28. The van der Waals surface area contributed by atoms with E-state index in [2.05, 4.69) is 20.0 Å². The van der Waals surface area contributed by atoms with Gasteiger partial charge in [0, 0.05) is 5.69 Å². The zero-order valence-electron chi connectivity index (χ0n) is 10.5. The van der Waals surface area contributed by atoms with Crippen LogP contribution in [0.2, 0.25) is 0 Å². The Kier molecular flexibility index (Phi) is 4.11. The van der Waals surface area contributed by atoms with Crippen LogP contribution in [0.4, 0.5) is 37.8 Å². The molecule has 0 fully saturated rings. The molecule has 2 rings (SSSR count). The maximum absolute atomic E-state index is 12.3. The Balaban J connectivity index is 2.05. The van der Waals surface area contributed by atoms with E-state index in [9.17, 15) is 26.3 Å². The van der Waals surface area contributed by atoms with Gasteiger partial charge in [-0.25, -0.2) is 9.97 Å². The molecule has 1 N–H and O–H groups in total. The SMILES string of the molecule is FC(F)(F)Oc1ccc(Nc2cnc(C(F)(F)F)cn2)cc1. The first-order valence-electron chi connectivity index (χ1n) is 5.65. The highest BCUT2D eigenvalue weighted by atomic mass is 19.4. The number of hydrogen-bond donors (Lipinski definition) is 1. The van der Waals surface area contributed by atoms with E-state index in [1.165, 1.54) is 12.1 Å². The predicted octanol–water partition coefficient (Wildman–Crippen LogP) is 4.14. The van der Waals surface area contributed by atoms with Crippen LogP contribution in [0.5, 0.6) is 5.75 Å². The van der Waals surface area contributed by atoms with Crippen molar-refractivity contribution in [2.45, 2.75) is 12.5 Å². The summed E-state index contributed by atoms with van der Waals surface area (Å²) in [6.07, 6.45) is -7.98. The molecular weight excluding hydrogens is 316 g/mol. The van der Waals surface area contributed by atoms with Crippen LogP contribution in [0.25, 0.3) is 0 Å². The lowest BCUT2D eigenvalue weighted by Crippen LogP contribution is -2.17. The van der Waals surface area contributed by atoms with E-state index < -0.39 is 24.0 Å². The van der Waals surface area contributed by atoms with Crippen LogP contribution in [-0.4, -0.2) is 16.3 Å². The maximum atomic E-state index is 12.3. The lowest BCUT2D eigenvalue weighted by atomic mass is 10.3. The third kappa shape index (κ3) is 4.50. The molecule has 10 heteroatoms. The molecule has 0 saturated heterocycles. The molecule has 4 nitrogen and oxygen atoms in total. The van der Waals surface area contributed by atoms with E-state index in [0.29, 0.717) is 11.9 Å². The van der Waals surface area contributed by atoms with Gasteiger partial charge in [0.15, 0.2) is 5.69 Å². The first-order chi connectivity index (χ1) is 10.1. The standard InChI is InChI=1S/C12H7F6N3O/c13-11(14,15)9-5-20-10(6-19-9)21-7-1-3-8(4-2-7)22-12(16,17)18/h1-6H,(H,20,21). The van der Waals surface area contributed by atoms with Crippen molar-refractivity contribution in [3.05, 3.63) is 42.4 Å². The van der Waals surface area contributed by atoms with Crippen LogP contribution >= 0.6 is 0 Å². The number of nitrogens with one attached hydrogen (secondary N) is 1. The predicted molar refractivity (Wildman–Crippen MR) is 63.4 cm³/mol. The Morgan fingerprint density at radius 2 is 1.50 bits per heavy atom. The van der Waals surface area contributed by atoms with Crippen molar-refractivity contribution < 1.29 is 31.1 Å². The van der Waals surface area contributed by atoms with Crippen LogP contribution in [-0.2, 0) is 6.18 Å². The molecule has 0 bridgehead atoms. The normalized spacial score (nSPS) is 12.1. The zero-order chi connectivity index (χ0) is 16.4. The number of hydrogen-bond acceptors (Lipinski definition) is 4. The number of ether oxygens (including phenoxy) is 1. The highest BCUT2D eigenvalue weighted by molar-refractivity contribution is 5.56. The number of nitrogens with zero attached hydrogens (tertiary/aromatic N) is 2. The Hall–Kier alpha value is -2.52. The molecule has 0 aliphatic heterocycles. The van der Waals surface area contributed by atoms with Gasteiger partial charge >= 0.3 is 12.5 Å². The summed E-state index contributed by atoms with van der Waals surface area (Å²) in [5, 5.41) is 2.59. The molecule has 1 aromatic heterocycles. The van der Waals surface area contributed by atoms with E-state index in [-0.39, 0.29) is 5.82 Å². The fraction of sp³-hybridized carbons (Fsp3) is 0.167. The molecule has 22 heavy (non-hydrogen) atoms. The first kappa shape index (κ1) is 15.9. The molecule has 118 valence electrons. The summed E-state index contributed by atoms with van der Waals surface area (Å²) < 4.78 is 76.5. The Morgan fingerprint density at radius 3 is 1.95 bits per heavy atom. The van der Waals surface area contributed by atoms with Gasteiger partial charge in [0.25, 0.3) is 0 Å². The monoisotopic (exact) mass is 323 g/mol. The number of anilines is 2. The van der Waals surface area contributed by atoms with Crippen LogP contribution in [0, 0.1) is 0 Å². The lowest BCUT2D eigenvalue weighted by molar-refractivity contribution is -0.274. The highest BCUT2D eigenvalue weighted by Gasteiger charge is 2.33. The third-order valence-corrected chi connectivity index (χ3v) is 2.30. The van der Waals surface area contributed by atoms with Gasteiger partial charge in [0.05, 0.1) is 12.4 Å². The van der Waals surface area contributed by atoms with Crippen molar-refractivity contribution in [3.63, 3.8) is 0 Å². The summed E-state index contributed by atoms with van der Waals surface area (Å²) in [5.41, 5.74) is -0.837. The van der Waals surface area contributed by atoms with Crippen molar-refractivity contribution in [3.8, 4) is 5.75 Å². The summed E-state index contributed by atoms with van der Waals surface area (Å²) in [6.45, 7) is 0. The molecule has 0 unspecified atom stereocenters. The van der Waals surface area contributed by atoms with Gasteiger partial charge in [-0.15, -0.1) is 13.2 Å². The molecule has 1 heterocycles. The molecule has 2 aromatic rings. The van der Waals surface area contributed by atoms with Gasteiger partial charge in [-0.1, -0.05) is 0 Å². The van der Waals surface area contributed by atoms with E-state index in [1.54, 1.807) is 0 Å². The van der Waals surface area contributed by atoms with Gasteiger partial charge in [0.1, 0.15) is 11.6 Å². The second kappa shape index (κ2) is 5.70. The van der Waals surface area contributed by atoms with Gasteiger partial charge in [-0.3, -0.25) is 0 Å². The molecule has 0 radical (unpaired) electrons. The molecule has 1 aromatic carbocycles. The van der Waals surface area contributed by atoms with E-state index in [1.807, 2.05) is 0 Å². The fourth-order valence-electron chi connectivity index (χ4n) is 1.43. The largest absolute Gasteiger partial charge is 0.573 e. The Bertz CT molecular complexity index is 621. The Labute approximate surface area is 119 Å². The van der Waals surface area contributed by atoms with Crippen molar-refractivity contribution in [2.24, 2.45) is 0 Å². The minimum atomic E-state index is -4.80. The summed E-state index contributed by atoms with van der Waals surface area (Å²) >= 11 is 0. The van der Waals surface area contributed by atoms with Crippen molar-refractivity contribution in [1.29, 1.82) is 0 Å². The van der Waals surface area contributed by atoms with E-state index in [4.69, 9.17) is 0 Å². The smallest absolute Gasteiger partial charge is 0.406 e. The van der Waals surface area contributed by atoms with Gasteiger partial charge < -0.3 is 10.1 Å². The van der Waals surface area contributed by atoms with Crippen LogP contribution < -0.4 is 10.1 Å². The van der Waals surface area contributed by atoms with E-state index >= 15 is 0 Å². The van der Waals surface area contributed by atoms with Crippen LogP contribution in [0.3, 0.4) is 0 Å². The van der Waals surface area contributed by atoms with Gasteiger partial charge in [-0.2, -0.15) is 13.2 Å². The van der Waals surface area contributed by atoms with Crippen LogP contribution in [0.1, 0.15) is 5.69 Å².